The van der Waals surface area contributed by atoms with Crippen molar-refractivity contribution in [1.82, 2.24) is 4.90 Å². The van der Waals surface area contributed by atoms with Crippen LogP contribution in [0.4, 0.5) is 4.79 Å². The van der Waals surface area contributed by atoms with Gasteiger partial charge in [-0.2, -0.15) is 0 Å². The van der Waals surface area contributed by atoms with Gasteiger partial charge in [0.15, 0.2) is 0 Å². The number of aliphatic hydroxyl groups is 1. The fourth-order valence-electron chi connectivity index (χ4n) is 2.08. The maximum absolute atomic E-state index is 12.4. The Morgan fingerprint density at radius 3 is 2.47 bits per heavy atom. The average molecular weight is 269 g/mol. The molecule has 0 bridgehead atoms. The van der Waals surface area contributed by atoms with E-state index in [2.05, 4.69) is 6.58 Å². The van der Waals surface area contributed by atoms with E-state index < -0.39 is 24.0 Å². The molecule has 1 saturated heterocycles. The molecule has 1 fully saturated rings. The van der Waals surface area contributed by atoms with Crippen molar-refractivity contribution in [2.75, 3.05) is 6.61 Å². The van der Waals surface area contributed by atoms with Crippen LogP contribution in [0.15, 0.2) is 12.2 Å². The molecule has 3 atom stereocenters. The molecule has 1 rings (SSSR count). The number of hydrogen-bond acceptors (Lipinski definition) is 4. The lowest BCUT2D eigenvalue weighted by atomic mass is 9.86. The van der Waals surface area contributed by atoms with Gasteiger partial charge in [0.2, 0.25) is 5.91 Å². The second kappa shape index (κ2) is 5.33. The van der Waals surface area contributed by atoms with Gasteiger partial charge in [0.1, 0.15) is 6.61 Å². The molecule has 108 valence electrons. The second-order valence-corrected chi connectivity index (χ2v) is 6.25. The van der Waals surface area contributed by atoms with E-state index in [4.69, 9.17) is 4.74 Å². The van der Waals surface area contributed by atoms with Gasteiger partial charge in [-0.15, -0.1) is 0 Å². The quantitative estimate of drug-likeness (QED) is 0.795. The molecule has 1 aliphatic heterocycles. The van der Waals surface area contributed by atoms with Gasteiger partial charge in [-0.1, -0.05) is 39.8 Å². The van der Waals surface area contributed by atoms with Crippen LogP contribution in [0.25, 0.3) is 0 Å². The third-order valence-corrected chi connectivity index (χ3v) is 3.48. The molecule has 0 spiro atoms. The van der Waals surface area contributed by atoms with Crippen LogP contribution in [0.1, 0.15) is 34.6 Å². The van der Waals surface area contributed by atoms with Crippen molar-refractivity contribution in [3.8, 4) is 0 Å². The van der Waals surface area contributed by atoms with E-state index >= 15 is 0 Å². The normalized spacial score (nSPS) is 22.9. The zero-order chi connectivity index (χ0) is 15.0. The average Bonchev–Trinajstić information content (AvgIpc) is 2.67. The molecule has 0 radical (unpaired) electrons. The first-order valence-electron chi connectivity index (χ1n) is 6.40. The zero-order valence-corrected chi connectivity index (χ0v) is 12.3. The van der Waals surface area contributed by atoms with Crippen molar-refractivity contribution >= 4 is 12.0 Å². The van der Waals surface area contributed by atoms with Gasteiger partial charge in [-0.25, -0.2) is 9.69 Å². The SMILES string of the molecule is C=C(C)[C@@H](O)[C@@H](C)C(=O)N1C(=O)OC[C@@H]1C(C)(C)C. The predicted molar refractivity (Wildman–Crippen MR) is 71.4 cm³/mol. The van der Waals surface area contributed by atoms with Crippen molar-refractivity contribution in [2.45, 2.75) is 46.8 Å². The predicted octanol–water partition coefficient (Wildman–Crippen LogP) is 1.95. The third-order valence-electron chi connectivity index (χ3n) is 3.48. The number of nitrogens with zero attached hydrogens (tertiary/aromatic N) is 1. The summed E-state index contributed by atoms with van der Waals surface area (Å²) in [5.74, 6) is -1.13. The van der Waals surface area contributed by atoms with Gasteiger partial charge in [-0.05, 0) is 12.3 Å². The second-order valence-electron chi connectivity index (χ2n) is 6.25. The fraction of sp³-hybridized carbons (Fsp3) is 0.714. The maximum atomic E-state index is 12.4. The molecule has 0 saturated carbocycles. The van der Waals surface area contributed by atoms with Gasteiger partial charge in [0.25, 0.3) is 0 Å². The van der Waals surface area contributed by atoms with E-state index in [0.717, 1.165) is 4.90 Å². The molecule has 0 aromatic carbocycles. The molecule has 1 aliphatic rings. The topological polar surface area (TPSA) is 66.8 Å². The molecule has 0 aliphatic carbocycles. The third kappa shape index (κ3) is 3.15. The molecule has 5 heteroatoms. The maximum Gasteiger partial charge on any atom is 0.417 e. The summed E-state index contributed by atoms with van der Waals surface area (Å²) >= 11 is 0. The number of rotatable bonds is 3. The molecule has 0 aromatic heterocycles. The van der Waals surface area contributed by atoms with Gasteiger partial charge < -0.3 is 9.84 Å². The summed E-state index contributed by atoms with van der Waals surface area (Å²) in [6.45, 7) is 12.9. The van der Waals surface area contributed by atoms with Crippen molar-refractivity contribution in [1.29, 1.82) is 0 Å². The molecular formula is C14H23NO4. The Morgan fingerprint density at radius 2 is 2.05 bits per heavy atom. The lowest BCUT2D eigenvalue weighted by Crippen LogP contribution is -2.49. The van der Waals surface area contributed by atoms with Crippen LogP contribution in [-0.2, 0) is 9.53 Å². The number of carbonyl (C=O) groups is 2. The number of amides is 2. The summed E-state index contributed by atoms with van der Waals surface area (Å²) in [5.41, 5.74) is 0.233. The monoisotopic (exact) mass is 269 g/mol. The van der Waals surface area contributed by atoms with Crippen molar-refractivity contribution in [3.63, 3.8) is 0 Å². The summed E-state index contributed by atoms with van der Waals surface area (Å²) in [4.78, 5) is 25.3. The summed E-state index contributed by atoms with van der Waals surface area (Å²) in [7, 11) is 0. The summed E-state index contributed by atoms with van der Waals surface area (Å²) in [6, 6.07) is -0.313. The lowest BCUT2D eigenvalue weighted by Gasteiger charge is -2.33. The first-order chi connectivity index (χ1) is 8.57. The Balaban J connectivity index is 2.96. The van der Waals surface area contributed by atoms with Crippen LogP contribution in [0.3, 0.4) is 0 Å². The summed E-state index contributed by atoms with van der Waals surface area (Å²) < 4.78 is 4.98. The number of ether oxygens (including phenoxy) is 1. The van der Waals surface area contributed by atoms with Gasteiger partial charge in [0.05, 0.1) is 18.1 Å². The molecule has 1 N–H and O–H groups in total. The smallest absolute Gasteiger partial charge is 0.417 e. The van der Waals surface area contributed by atoms with E-state index in [1.54, 1.807) is 13.8 Å². The highest BCUT2D eigenvalue weighted by molar-refractivity contribution is 5.95. The van der Waals surface area contributed by atoms with Crippen molar-refractivity contribution < 1.29 is 19.4 Å². The first-order valence-corrected chi connectivity index (χ1v) is 6.40. The Kier molecular flexibility index (Phi) is 4.40. The Morgan fingerprint density at radius 1 is 1.53 bits per heavy atom. The Labute approximate surface area is 114 Å². The Hall–Kier alpha value is -1.36. The van der Waals surface area contributed by atoms with E-state index in [9.17, 15) is 14.7 Å². The van der Waals surface area contributed by atoms with E-state index in [1.807, 2.05) is 20.8 Å². The molecule has 5 nitrogen and oxygen atoms in total. The number of hydrogen-bond donors (Lipinski definition) is 1. The van der Waals surface area contributed by atoms with Gasteiger partial charge in [-0.3, -0.25) is 4.79 Å². The van der Waals surface area contributed by atoms with Crippen LogP contribution in [0.5, 0.6) is 0 Å². The summed E-state index contributed by atoms with van der Waals surface area (Å²) in [5, 5.41) is 9.90. The molecule has 0 aromatic rings. The van der Waals surface area contributed by atoms with E-state index in [1.165, 1.54) is 0 Å². The van der Waals surface area contributed by atoms with Crippen LogP contribution in [0.2, 0.25) is 0 Å². The molecule has 1 heterocycles. The van der Waals surface area contributed by atoms with E-state index in [-0.39, 0.29) is 18.1 Å². The minimum Gasteiger partial charge on any atom is -0.447 e. The highest BCUT2D eigenvalue weighted by Gasteiger charge is 2.46. The molecule has 0 unspecified atom stereocenters. The highest BCUT2D eigenvalue weighted by atomic mass is 16.6. The van der Waals surface area contributed by atoms with Crippen LogP contribution >= 0.6 is 0 Å². The number of cyclic esters (lactones) is 1. The minimum atomic E-state index is -0.957. The fourth-order valence-corrected chi connectivity index (χ4v) is 2.08. The molecule has 19 heavy (non-hydrogen) atoms. The van der Waals surface area contributed by atoms with Crippen LogP contribution < -0.4 is 0 Å². The highest BCUT2D eigenvalue weighted by Crippen LogP contribution is 2.31. The molecular weight excluding hydrogens is 246 g/mol. The van der Waals surface area contributed by atoms with Gasteiger partial charge >= 0.3 is 6.09 Å². The van der Waals surface area contributed by atoms with Crippen LogP contribution in [-0.4, -0.2) is 40.8 Å². The largest absolute Gasteiger partial charge is 0.447 e. The number of imide groups is 1. The van der Waals surface area contributed by atoms with Crippen LogP contribution in [0, 0.1) is 11.3 Å². The first kappa shape index (κ1) is 15.7. The van der Waals surface area contributed by atoms with Gasteiger partial charge in [0, 0.05) is 0 Å². The zero-order valence-electron chi connectivity index (χ0n) is 12.3. The standard InChI is InChI=1S/C14H23NO4/c1-8(2)11(16)9(3)12(17)15-10(14(4,5)6)7-19-13(15)18/h9-11,16H,1,7H2,2-6H3/t9-,10-,11-/m1/s1. The van der Waals surface area contributed by atoms with Crippen molar-refractivity contribution in [2.24, 2.45) is 11.3 Å². The van der Waals surface area contributed by atoms with Crippen molar-refractivity contribution in [3.05, 3.63) is 12.2 Å². The number of aliphatic hydroxyl groups excluding tert-OH is 1. The number of carbonyl (C=O) groups excluding carboxylic acids is 2. The Bertz CT molecular complexity index is 397. The molecule has 2 amide bonds. The van der Waals surface area contributed by atoms with E-state index in [0.29, 0.717) is 5.57 Å². The minimum absolute atomic E-state index is 0.198. The lowest BCUT2D eigenvalue weighted by molar-refractivity contribution is -0.137. The summed E-state index contributed by atoms with van der Waals surface area (Å²) in [6.07, 6.45) is -1.59.